The second-order valence-corrected chi connectivity index (χ2v) is 25.1. The average Bonchev–Trinajstić information content (AvgIpc) is 1.59. The molecule has 7 atom stereocenters. The number of ether oxygens (including phenoxy) is 13. The van der Waals surface area contributed by atoms with Gasteiger partial charge in [0, 0.05) is 60.3 Å². The van der Waals surface area contributed by atoms with Crippen LogP contribution in [0.4, 0.5) is 21.9 Å². The number of amides is 5. The van der Waals surface area contributed by atoms with Crippen LogP contribution in [0, 0.1) is 5.92 Å². The van der Waals surface area contributed by atoms with E-state index in [1.165, 1.54) is 36.6 Å². The van der Waals surface area contributed by atoms with Gasteiger partial charge in [0.2, 0.25) is 17.7 Å². The maximum Gasteiger partial charge on any atom is 0.416 e. The smallest absolute Gasteiger partial charge is 0.416 e. The summed E-state index contributed by atoms with van der Waals surface area (Å²) in [6.07, 6.45) is 4.63. The molecular weight excluding hydrogens is 1370 g/mol. The monoisotopic (exact) mass is 1470 g/mol. The van der Waals surface area contributed by atoms with Crippen LogP contribution in [-0.2, 0) is 63.6 Å². The van der Waals surface area contributed by atoms with E-state index in [1.807, 2.05) is 31.2 Å². The Labute approximate surface area is 593 Å². The van der Waals surface area contributed by atoms with Gasteiger partial charge in [-0.1, -0.05) is 53.1 Å². The summed E-state index contributed by atoms with van der Waals surface area (Å²) in [6.45, 7) is 16.1. The van der Waals surface area contributed by atoms with Gasteiger partial charge >= 0.3 is 6.09 Å². The van der Waals surface area contributed by atoms with E-state index in [0.717, 1.165) is 16.9 Å². The molecule has 0 radical (unpaired) electrons. The summed E-state index contributed by atoms with van der Waals surface area (Å²) in [4.78, 5) is 77.2. The van der Waals surface area contributed by atoms with E-state index in [1.54, 1.807) is 63.6 Å². The number of hydrogen-bond acceptors (Lipinski definition) is 24. The van der Waals surface area contributed by atoms with E-state index in [0.29, 0.717) is 171 Å². The summed E-state index contributed by atoms with van der Waals surface area (Å²) in [7, 11) is 3.00. The Kier molecular flexibility index (Phi) is 34.5. The number of methoxy groups -OCH3 is 2. The molecule has 0 fully saturated rings. The quantitative estimate of drug-likeness (QED) is 0.0193. The summed E-state index contributed by atoms with van der Waals surface area (Å²) in [5.41, 5.74) is 4.32. The van der Waals surface area contributed by atoms with Crippen molar-refractivity contribution < 1.29 is 101 Å². The lowest BCUT2D eigenvalue weighted by Gasteiger charge is -2.31. The molecule has 0 saturated heterocycles. The predicted molar refractivity (Wildman–Crippen MR) is 373 cm³/mol. The maximum absolute atomic E-state index is 14.3. The largest absolute Gasteiger partial charge is 0.493 e. The van der Waals surface area contributed by atoms with Gasteiger partial charge in [-0.25, -0.2) is 9.69 Å². The molecule has 4 aliphatic rings. The molecule has 0 aromatic heterocycles. The molecule has 3 aromatic carbocycles. The molecule has 5 amide bonds. The Hall–Kier alpha value is -7.04. The van der Waals surface area contributed by atoms with Gasteiger partial charge in [-0.3, -0.25) is 29.5 Å². The number of aliphatic hydroxyl groups excluding tert-OH is 3. The molecule has 554 valence electrons. The number of anilines is 2. The Balaban J connectivity index is 0.756. The van der Waals surface area contributed by atoms with Crippen molar-refractivity contribution in [3.8, 4) is 23.0 Å². The molecule has 100 heavy (non-hydrogen) atoms. The minimum Gasteiger partial charge on any atom is -0.493 e. The zero-order valence-corrected chi connectivity index (χ0v) is 60.0. The van der Waals surface area contributed by atoms with Crippen LogP contribution < -0.4 is 45.1 Å². The van der Waals surface area contributed by atoms with Crippen LogP contribution in [0.3, 0.4) is 0 Å². The van der Waals surface area contributed by atoms with Crippen LogP contribution in [-0.4, -0.2) is 243 Å². The first-order chi connectivity index (χ1) is 48.4. The van der Waals surface area contributed by atoms with Crippen LogP contribution in [0.1, 0.15) is 101 Å². The Morgan fingerprint density at radius 2 is 1.20 bits per heavy atom. The van der Waals surface area contributed by atoms with Gasteiger partial charge in [-0.15, -0.1) is 0 Å². The Morgan fingerprint density at radius 3 is 1.77 bits per heavy atom. The number of aliphatic hydroxyl groups is 3. The number of benzene rings is 3. The van der Waals surface area contributed by atoms with E-state index in [9.17, 15) is 39.3 Å². The maximum atomic E-state index is 14.3. The second kappa shape index (κ2) is 43.0. The molecule has 3 aromatic rings. The summed E-state index contributed by atoms with van der Waals surface area (Å²) < 4.78 is 73.6. The number of unbranched alkanes of at least 4 members (excludes halogenated alkanes) is 2. The second-order valence-electron chi connectivity index (χ2n) is 24.5. The highest BCUT2D eigenvalue weighted by atomic mass is 79.9. The number of alkyl halides is 1. The number of fused-ring (bicyclic) bond motifs is 4. The van der Waals surface area contributed by atoms with Crippen molar-refractivity contribution in [1.82, 2.24) is 25.8 Å². The minimum atomic E-state index is -1.52. The van der Waals surface area contributed by atoms with Gasteiger partial charge in [0.1, 0.15) is 24.9 Å². The molecular formula is C70H101BrN8O21. The molecule has 29 nitrogen and oxygen atoms in total. The van der Waals surface area contributed by atoms with E-state index in [2.05, 4.69) is 42.2 Å². The van der Waals surface area contributed by atoms with Crippen LogP contribution in [0.25, 0.3) is 0 Å². The van der Waals surface area contributed by atoms with Crippen molar-refractivity contribution in [2.45, 2.75) is 123 Å². The number of carbonyl (C=O) groups excluding carboxylic acids is 5. The van der Waals surface area contributed by atoms with Crippen molar-refractivity contribution in [2.24, 2.45) is 10.9 Å². The molecule has 2 unspecified atom stereocenters. The first-order valence-corrected chi connectivity index (χ1v) is 35.1. The third-order valence-electron chi connectivity index (χ3n) is 16.4. The molecule has 4 aliphatic heterocycles. The third-order valence-corrected chi connectivity index (χ3v) is 17.0. The Morgan fingerprint density at radius 1 is 0.650 bits per heavy atom. The number of halogens is 1. The lowest BCUT2D eigenvalue weighted by atomic mass is 10.0. The SMILES string of the molecule is COc1cc2c(cc1OCCCCCOc1cc3c(cc1OC)C(=O)N1C=C(C)C[C@H]1[C@H](O)N3C(=O)OCc1ccc(NC(=O)[C@H](C)NC(=O)[C@@H](NC(=O)CCOCCOCCOCCOCCOCCOCCOCCOCCNC(O)CBr)C(C)C)cc1)N=C[C@@H]1CC(C)=CN1C2O. The lowest BCUT2D eigenvalue weighted by molar-refractivity contribution is -0.132. The molecule has 0 saturated carbocycles. The average molecular weight is 1470 g/mol. The summed E-state index contributed by atoms with van der Waals surface area (Å²) in [5, 5.41) is 44.1. The normalized spacial score (nSPS) is 17.8. The van der Waals surface area contributed by atoms with Gasteiger partial charge in [0.25, 0.3) is 5.91 Å². The van der Waals surface area contributed by atoms with Crippen LogP contribution >= 0.6 is 15.9 Å². The molecule has 30 heteroatoms. The van der Waals surface area contributed by atoms with Crippen molar-refractivity contribution in [3.63, 3.8) is 0 Å². The van der Waals surface area contributed by atoms with Gasteiger partial charge in [0.15, 0.2) is 35.5 Å². The van der Waals surface area contributed by atoms with E-state index < -0.39 is 66.5 Å². The van der Waals surface area contributed by atoms with Crippen molar-refractivity contribution in [1.29, 1.82) is 0 Å². The number of nitrogens with one attached hydrogen (secondary N) is 4. The van der Waals surface area contributed by atoms with Crippen LogP contribution in [0.2, 0.25) is 0 Å². The number of carbonyl (C=O) groups is 5. The van der Waals surface area contributed by atoms with Crippen molar-refractivity contribution in [2.75, 3.05) is 155 Å². The third kappa shape index (κ3) is 25.2. The highest BCUT2D eigenvalue weighted by Crippen LogP contribution is 2.44. The van der Waals surface area contributed by atoms with E-state index in [4.69, 9.17) is 61.6 Å². The van der Waals surface area contributed by atoms with Crippen LogP contribution in [0.15, 0.2) is 77.1 Å². The van der Waals surface area contributed by atoms with Crippen molar-refractivity contribution in [3.05, 3.63) is 88.8 Å². The van der Waals surface area contributed by atoms with Gasteiger partial charge < -0.3 is 103 Å². The fraction of sp³-hybridized carbons (Fsp3) is 0.600. The zero-order chi connectivity index (χ0) is 71.8. The predicted octanol–water partition coefficient (Wildman–Crippen LogP) is 6.02. The highest BCUT2D eigenvalue weighted by molar-refractivity contribution is 9.09. The highest BCUT2D eigenvalue weighted by Gasteiger charge is 2.45. The molecule has 7 N–H and O–H groups in total. The summed E-state index contributed by atoms with van der Waals surface area (Å²) in [6, 6.07) is 10.3. The molecule has 7 rings (SSSR count). The Bertz CT molecular complexity index is 3160. The van der Waals surface area contributed by atoms with Crippen LogP contribution in [0.5, 0.6) is 23.0 Å². The lowest BCUT2D eigenvalue weighted by Crippen LogP contribution is -2.53. The van der Waals surface area contributed by atoms with Gasteiger partial charge in [0.05, 0.1) is 162 Å². The molecule has 0 aliphatic carbocycles. The standard InChI is InChI=1S/C70H101BrN8O21/c1-46(2)64(76-62(80)15-19-90-21-23-92-25-27-94-29-31-96-33-34-97-32-30-95-28-26-93-24-22-91-20-16-72-63(81)41-71)66(83)74-49(5)65(82)75-51-13-11-50(12-14-51)45-100-70(87)79-56-40-61(59(89-7)38-54(56)68(85)78-44-48(4)36-57(78)69(79)86)99-18-10-8-9-17-98-60-39-55-53(37-58(60)88-6)67(84)77-43-47(3)35-52(77)42-73-55/h11-14,37-40,42-44,46,49,52,57,63-64,67,69,72,81,84,86H,8-10,15-36,41,45H2,1-7H3,(H,74,83)(H,75,82)(H,76,80)/t49-,52-,57-,63?,64-,67?,69-/m0/s1. The van der Waals surface area contributed by atoms with E-state index in [-0.39, 0.29) is 67.6 Å². The first kappa shape index (κ1) is 80.3. The summed E-state index contributed by atoms with van der Waals surface area (Å²) >= 11 is 3.18. The number of rotatable bonds is 47. The molecule has 0 bridgehead atoms. The number of aliphatic imine (C=N–C) groups is 1. The fourth-order valence-corrected chi connectivity index (χ4v) is 11.3. The first-order valence-electron chi connectivity index (χ1n) is 34.0. The minimum absolute atomic E-state index is 0.00143. The van der Waals surface area contributed by atoms with Gasteiger partial charge in [-0.2, -0.15) is 0 Å². The van der Waals surface area contributed by atoms with Crippen molar-refractivity contribution >= 4 is 68.9 Å². The molecule has 0 spiro atoms. The summed E-state index contributed by atoms with van der Waals surface area (Å²) in [5.74, 6) is -0.729. The molecule has 4 heterocycles. The topological polar surface area (TPSA) is 336 Å². The number of hydrogen-bond donors (Lipinski definition) is 7. The zero-order valence-electron chi connectivity index (χ0n) is 58.4. The fourth-order valence-electron chi connectivity index (χ4n) is 11.0. The van der Waals surface area contributed by atoms with Gasteiger partial charge in [-0.05, 0) is 88.6 Å². The van der Waals surface area contributed by atoms with E-state index >= 15 is 0 Å². The number of nitrogens with zero attached hydrogens (tertiary/aromatic N) is 4.